The summed E-state index contributed by atoms with van der Waals surface area (Å²) in [7, 11) is 1.97. The van der Waals surface area contributed by atoms with Crippen LogP contribution in [-0.4, -0.2) is 30.1 Å². The first kappa shape index (κ1) is 21.1. The van der Waals surface area contributed by atoms with Gasteiger partial charge in [0.25, 0.3) is 0 Å². The molecule has 4 rings (SSSR count). The zero-order chi connectivity index (χ0) is 21.5. The van der Waals surface area contributed by atoms with Crippen LogP contribution in [0, 0.1) is 11.8 Å². The number of aromatic nitrogens is 6. The zero-order valence-electron chi connectivity index (χ0n) is 17.7. The van der Waals surface area contributed by atoms with Gasteiger partial charge in [0.1, 0.15) is 11.0 Å². The maximum atomic E-state index is 4.76. The number of thioether (sulfide) groups is 1. The fourth-order valence-corrected chi connectivity index (χ4v) is 4.05. The molecule has 7 nitrogen and oxygen atoms in total. The maximum Gasteiger partial charge on any atom is 0.191 e. The van der Waals surface area contributed by atoms with Gasteiger partial charge >= 0.3 is 0 Å². The second-order valence-electron chi connectivity index (χ2n) is 7.32. The third-order valence-corrected chi connectivity index (χ3v) is 6.00. The molecule has 0 radical (unpaired) electrons. The first-order valence-electron chi connectivity index (χ1n) is 10.4. The molecule has 8 heteroatoms. The summed E-state index contributed by atoms with van der Waals surface area (Å²) in [4.78, 5) is 4.34. The Labute approximate surface area is 185 Å². The molecule has 4 aromatic rings. The molecule has 0 saturated carbocycles. The van der Waals surface area contributed by atoms with E-state index in [1.54, 1.807) is 24.2 Å². The van der Waals surface area contributed by atoms with Crippen LogP contribution >= 0.6 is 11.8 Å². The van der Waals surface area contributed by atoms with Crippen LogP contribution in [0.2, 0.25) is 0 Å². The van der Waals surface area contributed by atoms with Crippen LogP contribution in [0.3, 0.4) is 0 Å². The van der Waals surface area contributed by atoms with E-state index in [1.807, 2.05) is 35.9 Å². The van der Waals surface area contributed by atoms with E-state index in [0.29, 0.717) is 0 Å². The molecule has 1 aromatic carbocycles. The number of hydrogen-bond donors (Lipinski definition) is 0. The topological polar surface area (TPSA) is 82.5 Å². The van der Waals surface area contributed by atoms with Crippen LogP contribution in [0.15, 0.2) is 46.4 Å². The molecule has 0 N–H and O–H groups in total. The van der Waals surface area contributed by atoms with Gasteiger partial charge in [-0.15, -0.1) is 10.2 Å². The van der Waals surface area contributed by atoms with E-state index in [0.717, 1.165) is 57.3 Å². The average molecular weight is 433 g/mol. The van der Waals surface area contributed by atoms with Crippen molar-refractivity contribution in [3.05, 3.63) is 47.8 Å². The summed E-state index contributed by atoms with van der Waals surface area (Å²) in [6, 6.07) is 7.93. The monoisotopic (exact) mass is 432 g/mol. The summed E-state index contributed by atoms with van der Waals surface area (Å²) in [5.41, 5.74) is 4.45. The molecule has 0 fully saturated rings. The molecule has 3 heterocycles. The number of hydrogen-bond acceptors (Lipinski definition) is 7. The molecule has 0 amide bonds. The highest BCUT2D eigenvalue weighted by atomic mass is 32.2. The SMILES string of the molecule is CCCCCCC#Cc1cncc(-c2nnc(SCc3ccc4nonc4c3)n2C)c1. The van der Waals surface area contributed by atoms with E-state index in [4.69, 9.17) is 4.63 Å². The Bertz CT molecular complexity index is 1220. The maximum absolute atomic E-state index is 4.76. The van der Waals surface area contributed by atoms with E-state index >= 15 is 0 Å². The predicted molar refractivity (Wildman–Crippen MR) is 121 cm³/mol. The Morgan fingerprint density at radius 3 is 2.84 bits per heavy atom. The van der Waals surface area contributed by atoms with Crippen molar-refractivity contribution in [3.63, 3.8) is 0 Å². The Morgan fingerprint density at radius 2 is 1.94 bits per heavy atom. The van der Waals surface area contributed by atoms with Gasteiger partial charge in [-0.25, -0.2) is 4.63 Å². The smallest absolute Gasteiger partial charge is 0.191 e. The van der Waals surface area contributed by atoms with Crippen molar-refractivity contribution in [1.82, 2.24) is 30.1 Å². The number of benzene rings is 1. The molecule has 0 aliphatic rings. The predicted octanol–water partition coefficient (Wildman–Crippen LogP) is 5.03. The molecule has 0 unspecified atom stereocenters. The molecule has 0 aliphatic heterocycles. The van der Waals surface area contributed by atoms with Crippen LogP contribution in [0.1, 0.15) is 50.2 Å². The molecule has 0 bridgehead atoms. The van der Waals surface area contributed by atoms with Gasteiger partial charge in [-0.3, -0.25) is 4.98 Å². The van der Waals surface area contributed by atoms with Gasteiger partial charge in [-0.1, -0.05) is 55.9 Å². The number of rotatable bonds is 8. The Hall–Kier alpha value is -3.18. The van der Waals surface area contributed by atoms with Gasteiger partial charge < -0.3 is 4.57 Å². The fraction of sp³-hybridized carbons (Fsp3) is 0.348. The molecule has 31 heavy (non-hydrogen) atoms. The minimum atomic E-state index is 0.747. The van der Waals surface area contributed by atoms with Crippen molar-refractivity contribution in [1.29, 1.82) is 0 Å². The van der Waals surface area contributed by atoms with E-state index in [1.165, 1.54) is 19.3 Å². The molecule has 3 aromatic heterocycles. The molecule has 0 spiro atoms. The normalized spacial score (nSPS) is 10.9. The minimum Gasteiger partial charge on any atom is -0.305 e. The molecular weight excluding hydrogens is 408 g/mol. The Kier molecular flexibility index (Phi) is 6.95. The van der Waals surface area contributed by atoms with Crippen LogP contribution in [-0.2, 0) is 12.8 Å². The van der Waals surface area contributed by atoms with Gasteiger partial charge in [0, 0.05) is 42.7 Å². The Balaban J connectivity index is 1.42. The lowest BCUT2D eigenvalue weighted by Gasteiger charge is -2.04. The third-order valence-electron chi connectivity index (χ3n) is 4.91. The summed E-state index contributed by atoms with van der Waals surface area (Å²) in [5.74, 6) is 8.00. The molecule has 158 valence electrons. The van der Waals surface area contributed by atoms with Crippen LogP contribution in [0.4, 0.5) is 0 Å². The first-order valence-corrected chi connectivity index (χ1v) is 11.4. The number of unbranched alkanes of at least 4 members (excludes halogenated alkanes) is 4. The molecule has 0 atom stereocenters. The number of fused-ring (bicyclic) bond motifs is 1. The lowest BCUT2D eigenvalue weighted by atomic mass is 10.1. The summed E-state index contributed by atoms with van der Waals surface area (Å²) >= 11 is 1.62. The van der Waals surface area contributed by atoms with E-state index in [2.05, 4.69) is 44.3 Å². The van der Waals surface area contributed by atoms with Crippen LogP contribution < -0.4 is 0 Å². The fourth-order valence-electron chi connectivity index (χ4n) is 3.19. The van der Waals surface area contributed by atoms with Crippen molar-refractivity contribution >= 4 is 22.8 Å². The van der Waals surface area contributed by atoms with Gasteiger partial charge in [-0.05, 0) is 40.5 Å². The molecular formula is C23H24N6OS. The van der Waals surface area contributed by atoms with Crippen molar-refractivity contribution < 1.29 is 4.63 Å². The quantitative estimate of drug-likeness (QED) is 0.219. The van der Waals surface area contributed by atoms with Gasteiger partial charge in [0.05, 0.1) is 0 Å². The van der Waals surface area contributed by atoms with Gasteiger partial charge in [0.2, 0.25) is 0 Å². The Morgan fingerprint density at radius 1 is 1.03 bits per heavy atom. The number of nitrogens with zero attached hydrogens (tertiary/aromatic N) is 6. The summed E-state index contributed by atoms with van der Waals surface area (Å²) in [5, 5.41) is 17.3. The second-order valence-corrected chi connectivity index (χ2v) is 8.26. The van der Waals surface area contributed by atoms with E-state index in [-0.39, 0.29) is 0 Å². The van der Waals surface area contributed by atoms with Gasteiger partial charge in [-0.2, -0.15) is 0 Å². The third kappa shape index (κ3) is 5.30. The van der Waals surface area contributed by atoms with E-state index < -0.39 is 0 Å². The standard InChI is InChI=1S/C23H24N6OS/c1-3-4-5-6-7-8-9-17-12-19(15-24-14-17)22-25-26-23(29(22)2)31-16-18-10-11-20-21(13-18)28-30-27-20/h10-15H,3-7,16H2,1-2H3. The average Bonchev–Trinajstić information content (AvgIpc) is 3.41. The zero-order valence-corrected chi connectivity index (χ0v) is 18.5. The first-order chi connectivity index (χ1) is 15.2. The van der Waals surface area contributed by atoms with Crippen LogP contribution in [0.5, 0.6) is 0 Å². The summed E-state index contributed by atoms with van der Waals surface area (Å²) < 4.78 is 6.75. The van der Waals surface area contributed by atoms with E-state index in [9.17, 15) is 0 Å². The minimum absolute atomic E-state index is 0.747. The largest absolute Gasteiger partial charge is 0.305 e. The lowest BCUT2D eigenvalue weighted by Crippen LogP contribution is -1.96. The highest BCUT2D eigenvalue weighted by Crippen LogP contribution is 2.26. The van der Waals surface area contributed by atoms with Crippen molar-refractivity contribution in [2.24, 2.45) is 7.05 Å². The highest BCUT2D eigenvalue weighted by Gasteiger charge is 2.12. The van der Waals surface area contributed by atoms with Gasteiger partial charge in [0.15, 0.2) is 11.0 Å². The summed E-state index contributed by atoms with van der Waals surface area (Å²) in [6.45, 7) is 2.22. The molecule has 0 aliphatic carbocycles. The van der Waals surface area contributed by atoms with Crippen molar-refractivity contribution in [3.8, 4) is 23.2 Å². The second kappa shape index (κ2) is 10.2. The summed E-state index contributed by atoms with van der Waals surface area (Å²) in [6.07, 6.45) is 9.43. The lowest BCUT2D eigenvalue weighted by molar-refractivity contribution is 0.315. The van der Waals surface area contributed by atoms with Crippen LogP contribution in [0.25, 0.3) is 22.4 Å². The number of pyridine rings is 1. The highest BCUT2D eigenvalue weighted by molar-refractivity contribution is 7.98. The van der Waals surface area contributed by atoms with Crippen molar-refractivity contribution in [2.45, 2.75) is 49.9 Å². The molecule has 0 saturated heterocycles. The van der Waals surface area contributed by atoms with Crippen molar-refractivity contribution in [2.75, 3.05) is 0 Å².